The molecule has 1 aromatic rings. The van der Waals surface area contributed by atoms with E-state index in [1.54, 1.807) is 31.4 Å². The number of carbonyl (C=O) groups is 1. The number of aliphatic hydroxyl groups excluding tert-OH is 1. The number of carbonyl (C=O) groups excluding carboxylic acids is 1. The molecular weight excluding hydrogens is 220 g/mol. The topological polar surface area (TPSA) is 70.6 Å². The molecule has 0 radical (unpaired) electrons. The minimum atomic E-state index is -0.292. The van der Waals surface area contributed by atoms with Crippen LogP contribution in [-0.2, 0) is 0 Å². The number of amides is 2. The molecule has 1 atom stereocenters. The van der Waals surface area contributed by atoms with Gasteiger partial charge in [-0.2, -0.15) is 0 Å². The molecule has 1 rings (SSSR count). The fraction of sp³-hybridized carbons (Fsp3) is 0.417. The van der Waals surface area contributed by atoms with E-state index >= 15 is 0 Å². The summed E-state index contributed by atoms with van der Waals surface area (Å²) in [5, 5.41) is 14.1. The molecule has 0 unspecified atom stereocenters. The molecule has 0 bridgehead atoms. The fourth-order valence-electron chi connectivity index (χ4n) is 1.36. The molecule has 0 saturated carbocycles. The van der Waals surface area contributed by atoms with Crippen LogP contribution in [0.1, 0.15) is 13.3 Å². The molecule has 1 aromatic carbocycles. The van der Waals surface area contributed by atoms with Crippen LogP contribution >= 0.6 is 0 Å². The zero-order valence-electron chi connectivity index (χ0n) is 10.1. The Morgan fingerprint density at radius 2 is 2.29 bits per heavy atom. The van der Waals surface area contributed by atoms with Crippen LogP contribution < -0.4 is 15.4 Å². The standard InChI is InChI=1S/C12H18N2O3/c1-9(6-7-15)13-12(16)14-10-4-3-5-11(8-10)17-2/h3-5,8-9,15H,6-7H2,1-2H3,(H2,13,14,16)/t9-/m1/s1. The van der Waals surface area contributed by atoms with E-state index in [1.165, 1.54) is 0 Å². The number of hydrogen-bond acceptors (Lipinski definition) is 3. The summed E-state index contributed by atoms with van der Waals surface area (Å²) < 4.78 is 5.05. The first-order valence-electron chi connectivity index (χ1n) is 5.48. The van der Waals surface area contributed by atoms with Crippen LogP contribution in [-0.4, -0.2) is 30.9 Å². The van der Waals surface area contributed by atoms with Gasteiger partial charge in [0.05, 0.1) is 7.11 Å². The molecule has 2 amide bonds. The lowest BCUT2D eigenvalue weighted by atomic mass is 10.2. The van der Waals surface area contributed by atoms with E-state index in [2.05, 4.69) is 10.6 Å². The van der Waals surface area contributed by atoms with Crippen molar-refractivity contribution in [2.45, 2.75) is 19.4 Å². The van der Waals surface area contributed by atoms with Gasteiger partial charge < -0.3 is 20.5 Å². The summed E-state index contributed by atoms with van der Waals surface area (Å²) in [4.78, 5) is 11.6. The number of aliphatic hydroxyl groups is 1. The first-order valence-corrected chi connectivity index (χ1v) is 5.48. The van der Waals surface area contributed by atoms with E-state index in [-0.39, 0.29) is 18.7 Å². The first-order chi connectivity index (χ1) is 8.15. The third-order valence-corrected chi connectivity index (χ3v) is 2.27. The second-order valence-corrected chi connectivity index (χ2v) is 3.74. The Labute approximate surface area is 101 Å². The molecule has 94 valence electrons. The Morgan fingerprint density at radius 3 is 2.94 bits per heavy atom. The summed E-state index contributed by atoms with van der Waals surface area (Å²) in [5.74, 6) is 0.686. The second kappa shape index (κ2) is 6.75. The predicted molar refractivity (Wildman–Crippen MR) is 66.3 cm³/mol. The summed E-state index contributed by atoms with van der Waals surface area (Å²) in [6.45, 7) is 1.89. The quantitative estimate of drug-likeness (QED) is 0.729. The minimum absolute atomic E-state index is 0.0562. The monoisotopic (exact) mass is 238 g/mol. The van der Waals surface area contributed by atoms with Gasteiger partial charge in [-0.15, -0.1) is 0 Å². The van der Waals surface area contributed by atoms with Crippen LogP contribution in [0.4, 0.5) is 10.5 Å². The molecule has 0 aromatic heterocycles. The van der Waals surface area contributed by atoms with Crippen molar-refractivity contribution in [2.75, 3.05) is 19.0 Å². The maximum Gasteiger partial charge on any atom is 0.319 e. The van der Waals surface area contributed by atoms with Crippen molar-refractivity contribution in [2.24, 2.45) is 0 Å². The van der Waals surface area contributed by atoms with Crippen LogP contribution in [0.15, 0.2) is 24.3 Å². The third kappa shape index (κ3) is 4.74. The highest BCUT2D eigenvalue weighted by Gasteiger charge is 2.06. The number of benzene rings is 1. The molecule has 5 nitrogen and oxygen atoms in total. The van der Waals surface area contributed by atoms with Crippen molar-refractivity contribution >= 4 is 11.7 Å². The molecular formula is C12H18N2O3. The lowest BCUT2D eigenvalue weighted by Gasteiger charge is -2.13. The maximum absolute atomic E-state index is 11.6. The molecule has 0 aliphatic rings. The summed E-state index contributed by atoms with van der Waals surface area (Å²) in [6.07, 6.45) is 0.533. The first kappa shape index (κ1) is 13.3. The molecule has 0 aliphatic heterocycles. The van der Waals surface area contributed by atoms with Crippen LogP contribution in [0.2, 0.25) is 0 Å². The summed E-state index contributed by atoms with van der Waals surface area (Å²) in [5.41, 5.74) is 0.665. The van der Waals surface area contributed by atoms with E-state index in [9.17, 15) is 4.79 Å². The van der Waals surface area contributed by atoms with Crippen molar-refractivity contribution in [3.63, 3.8) is 0 Å². The van der Waals surface area contributed by atoms with E-state index < -0.39 is 0 Å². The number of rotatable bonds is 5. The maximum atomic E-state index is 11.6. The van der Waals surface area contributed by atoms with Gasteiger partial charge in [0.1, 0.15) is 5.75 Å². The number of anilines is 1. The van der Waals surface area contributed by atoms with Crippen LogP contribution in [0.3, 0.4) is 0 Å². The highest BCUT2D eigenvalue weighted by atomic mass is 16.5. The number of ether oxygens (including phenoxy) is 1. The van der Waals surface area contributed by atoms with Crippen LogP contribution in [0.25, 0.3) is 0 Å². The smallest absolute Gasteiger partial charge is 0.319 e. The highest BCUT2D eigenvalue weighted by molar-refractivity contribution is 5.89. The van der Waals surface area contributed by atoms with Gasteiger partial charge in [0.2, 0.25) is 0 Å². The van der Waals surface area contributed by atoms with Gasteiger partial charge in [0, 0.05) is 24.4 Å². The number of methoxy groups -OCH3 is 1. The average molecular weight is 238 g/mol. The van der Waals surface area contributed by atoms with Gasteiger partial charge in [0.15, 0.2) is 0 Å². The molecule has 0 spiro atoms. The van der Waals surface area contributed by atoms with E-state index in [1.807, 2.05) is 6.92 Å². The zero-order chi connectivity index (χ0) is 12.7. The van der Waals surface area contributed by atoms with Crippen molar-refractivity contribution in [1.82, 2.24) is 5.32 Å². The summed E-state index contributed by atoms with van der Waals surface area (Å²) >= 11 is 0. The number of nitrogens with one attached hydrogen (secondary N) is 2. The van der Waals surface area contributed by atoms with Crippen molar-refractivity contribution in [3.8, 4) is 5.75 Å². The Bertz CT molecular complexity index is 369. The van der Waals surface area contributed by atoms with Gasteiger partial charge in [-0.1, -0.05) is 6.07 Å². The SMILES string of the molecule is COc1cccc(NC(=O)N[C@H](C)CCO)c1. The van der Waals surface area contributed by atoms with E-state index in [0.717, 1.165) is 0 Å². The van der Waals surface area contributed by atoms with Crippen LogP contribution in [0, 0.1) is 0 Å². The lowest BCUT2D eigenvalue weighted by Crippen LogP contribution is -2.36. The molecule has 5 heteroatoms. The Kier molecular flexibility index (Phi) is 5.29. The van der Waals surface area contributed by atoms with Crippen molar-refractivity contribution < 1.29 is 14.6 Å². The Balaban J connectivity index is 2.49. The number of hydrogen-bond donors (Lipinski definition) is 3. The minimum Gasteiger partial charge on any atom is -0.497 e. The second-order valence-electron chi connectivity index (χ2n) is 3.74. The van der Waals surface area contributed by atoms with Gasteiger partial charge in [-0.3, -0.25) is 0 Å². The summed E-state index contributed by atoms with van der Waals surface area (Å²) in [7, 11) is 1.57. The average Bonchev–Trinajstić information content (AvgIpc) is 2.29. The van der Waals surface area contributed by atoms with E-state index in [0.29, 0.717) is 17.9 Å². The predicted octanol–water partition coefficient (Wildman–Crippen LogP) is 1.59. The molecule has 0 heterocycles. The highest BCUT2D eigenvalue weighted by Crippen LogP contribution is 2.16. The van der Waals surface area contributed by atoms with Gasteiger partial charge in [-0.05, 0) is 25.5 Å². The molecule has 0 aliphatic carbocycles. The largest absolute Gasteiger partial charge is 0.497 e. The summed E-state index contributed by atoms with van der Waals surface area (Å²) in [6, 6.07) is 6.75. The van der Waals surface area contributed by atoms with Gasteiger partial charge in [-0.25, -0.2) is 4.79 Å². The fourth-order valence-corrected chi connectivity index (χ4v) is 1.36. The molecule has 0 saturated heterocycles. The van der Waals surface area contributed by atoms with Gasteiger partial charge >= 0.3 is 6.03 Å². The third-order valence-electron chi connectivity index (χ3n) is 2.27. The van der Waals surface area contributed by atoms with Crippen LogP contribution in [0.5, 0.6) is 5.75 Å². The molecule has 3 N–H and O–H groups in total. The Morgan fingerprint density at radius 1 is 1.53 bits per heavy atom. The normalized spacial score (nSPS) is 11.7. The van der Waals surface area contributed by atoms with Gasteiger partial charge in [0.25, 0.3) is 0 Å². The van der Waals surface area contributed by atoms with Crippen molar-refractivity contribution in [1.29, 1.82) is 0 Å². The molecule has 0 fully saturated rings. The Hall–Kier alpha value is -1.75. The zero-order valence-corrected chi connectivity index (χ0v) is 10.1. The lowest BCUT2D eigenvalue weighted by molar-refractivity contribution is 0.241. The number of urea groups is 1. The van der Waals surface area contributed by atoms with E-state index in [4.69, 9.17) is 9.84 Å². The molecule has 17 heavy (non-hydrogen) atoms. The van der Waals surface area contributed by atoms with Crippen molar-refractivity contribution in [3.05, 3.63) is 24.3 Å².